The predicted molar refractivity (Wildman–Crippen MR) is 97.4 cm³/mol. The summed E-state index contributed by atoms with van der Waals surface area (Å²) in [5.41, 5.74) is 0.732. The van der Waals surface area contributed by atoms with Crippen LogP contribution >= 0.6 is 34.5 Å². The van der Waals surface area contributed by atoms with E-state index in [1.807, 2.05) is 0 Å². The summed E-state index contributed by atoms with van der Waals surface area (Å²) in [6.07, 6.45) is 0.0159. The molecule has 0 unspecified atom stereocenters. The quantitative estimate of drug-likeness (QED) is 0.410. The van der Waals surface area contributed by atoms with E-state index in [9.17, 15) is 9.59 Å². The molecule has 0 aliphatic carbocycles. The molecule has 0 saturated carbocycles. The number of nitrogens with zero attached hydrogens (tertiary/aromatic N) is 2. The Morgan fingerprint density at radius 1 is 1.08 bits per heavy atom. The highest BCUT2D eigenvalue weighted by atomic mass is 35.5. The van der Waals surface area contributed by atoms with E-state index < -0.39 is 5.97 Å². The summed E-state index contributed by atoms with van der Waals surface area (Å²) < 4.78 is 10.6. The number of aromatic nitrogens is 2. The summed E-state index contributed by atoms with van der Waals surface area (Å²) in [6.45, 7) is -0.154. The zero-order chi connectivity index (χ0) is 18.5. The van der Waals surface area contributed by atoms with Crippen LogP contribution in [0.15, 0.2) is 40.9 Å². The van der Waals surface area contributed by atoms with Crippen molar-refractivity contribution in [1.29, 1.82) is 0 Å². The fourth-order valence-corrected chi connectivity index (χ4v) is 3.18. The maximum absolute atomic E-state index is 11.9. The molecule has 0 bridgehead atoms. The first-order chi connectivity index (χ1) is 12.5. The van der Waals surface area contributed by atoms with Gasteiger partial charge in [-0.25, -0.2) is 0 Å². The van der Waals surface area contributed by atoms with Gasteiger partial charge in [0.2, 0.25) is 5.82 Å². The van der Waals surface area contributed by atoms with Crippen molar-refractivity contribution in [2.45, 2.75) is 19.4 Å². The lowest BCUT2D eigenvalue weighted by molar-refractivity contribution is -0.145. The summed E-state index contributed by atoms with van der Waals surface area (Å²) in [5, 5.41) is 4.43. The molecule has 0 aliphatic heterocycles. The first kappa shape index (κ1) is 18.6. The van der Waals surface area contributed by atoms with Crippen molar-refractivity contribution in [3.05, 3.63) is 56.5 Å². The van der Waals surface area contributed by atoms with Crippen molar-refractivity contribution in [1.82, 2.24) is 10.1 Å². The highest BCUT2D eigenvalue weighted by Crippen LogP contribution is 2.23. The highest BCUT2D eigenvalue weighted by molar-refractivity contribution is 7.18. The number of hydrogen-bond acceptors (Lipinski definition) is 7. The molecule has 134 valence electrons. The van der Waals surface area contributed by atoms with Crippen LogP contribution in [0.5, 0.6) is 0 Å². The zero-order valence-electron chi connectivity index (χ0n) is 13.3. The van der Waals surface area contributed by atoms with Gasteiger partial charge in [-0.2, -0.15) is 4.98 Å². The molecule has 2 heterocycles. The van der Waals surface area contributed by atoms with Crippen LogP contribution in [0.2, 0.25) is 9.36 Å². The van der Waals surface area contributed by atoms with Gasteiger partial charge in [-0.05, 0) is 36.4 Å². The van der Waals surface area contributed by atoms with Crippen molar-refractivity contribution in [3.8, 4) is 11.4 Å². The van der Waals surface area contributed by atoms with Gasteiger partial charge < -0.3 is 9.26 Å². The SMILES string of the molecule is O=C(CCC(=O)c1ccc(Cl)s1)OCc1nc(-c2ccc(Cl)cc2)no1. The Bertz CT molecular complexity index is 921. The third kappa shape index (κ3) is 4.91. The number of thiophene rings is 1. The van der Waals surface area contributed by atoms with Crippen molar-refractivity contribution < 1.29 is 18.8 Å². The molecule has 0 radical (unpaired) electrons. The molecular weight excluding hydrogens is 399 g/mol. The number of halogens is 2. The molecule has 3 aromatic rings. The topological polar surface area (TPSA) is 82.3 Å². The molecule has 3 rings (SSSR count). The van der Waals surface area contributed by atoms with E-state index in [2.05, 4.69) is 10.1 Å². The molecule has 9 heteroatoms. The molecule has 2 aromatic heterocycles. The number of hydrogen-bond donors (Lipinski definition) is 0. The first-order valence-electron chi connectivity index (χ1n) is 7.54. The summed E-state index contributed by atoms with van der Waals surface area (Å²) in [5.74, 6) is -0.133. The van der Waals surface area contributed by atoms with Crippen LogP contribution in [-0.4, -0.2) is 21.9 Å². The minimum absolute atomic E-state index is 0.0352. The predicted octanol–water partition coefficient (Wildman–Crippen LogP) is 4.81. The van der Waals surface area contributed by atoms with Gasteiger partial charge in [-0.1, -0.05) is 28.4 Å². The van der Waals surface area contributed by atoms with Gasteiger partial charge in [0.15, 0.2) is 12.4 Å². The number of rotatable bonds is 7. The lowest BCUT2D eigenvalue weighted by Crippen LogP contribution is -2.07. The Hall–Kier alpha value is -2.22. The molecule has 0 amide bonds. The molecule has 26 heavy (non-hydrogen) atoms. The molecule has 0 aliphatic rings. The lowest BCUT2D eigenvalue weighted by Gasteiger charge is -2.01. The van der Waals surface area contributed by atoms with Crippen LogP contribution in [0.1, 0.15) is 28.4 Å². The third-order valence-corrected chi connectivity index (χ3v) is 4.86. The molecule has 0 spiro atoms. The second kappa shape index (κ2) is 8.44. The second-order valence-corrected chi connectivity index (χ2v) is 7.36. The van der Waals surface area contributed by atoms with Gasteiger partial charge in [-0.15, -0.1) is 11.3 Å². The maximum atomic E-state index is 11.9. The molecule has 0 atom stereocenters. The second-order valence-electron chi connectivity index (χ2n) is 5.21. The molecular formula is C17H12Cl2N2O4S. The average molecular weight is 411 g/mol. The van der Waals surface area contributed by atoms with E-state index in [0.717, 1.165) is 5.56 Å². The molecule has 0 fully saturated rings. The number of ether oxygens (including phenoxy) is 1. The molecule has 0 saturated heterocycles. The molecule has 1 aromatic carbocycles. The third-order valence-electron chi connectivity index (χ3n) is 3.33. The number of carbonyl (C=O) groups is 2. The Labute approximate surface area is 162 Å². The van der Waals surface area contributed by atoms with E-state index in [0.29, 0.717) is 20.1 Å². The number of benzene rings is 1. The van der Waals surface area contributed by atoms with Crippen LogP contribution in [0.25, 0.3) is 11.4 Å². The fraction of sp³-hybridized carbons (Fsp3) is 0.176. The number of esters is 1. The van der Waals surface area contributed by atoms with Crippen molar-refractivity contribution in [3.63, 3.8) is 0 Å². The largest absolute Gasteiger partial charge is 0.456 e. The summed E-state index contributed by atoms with van der Waals surface area (Å²) in [4.78, 5) is 28.4. The van der Waals surface area contributed by atoms with E-state index in [1.165, 1.54) is 11.3 Å². The van der Waals surface area contributed by atoms with Gasteiger partial charge >= 0.3 is 5.97 Å². The average Bonchev–Trinajstić information content (AvgIpc) is 3.27. The monoisotopic (exact) mass is 410 g/mol. The van der Waals surface area contributed by atoms with E-state index in [4.69, 9.17) is 32.5 Å². The lowest BCUT2D eigenvalue weighted by atomic mass is 10.2. The Morgan fingerprint density at radius 3 is 2.54 bits per heavy atom. The van der Waals surface area contributed by atoms with Crippen LogP contribution in [-0.2, 0) is 16.1 Å². The summed E-state index contributed by atoms with van der Waals surface area (Å²) in [7, 11) is 0. The van der Waals surface area contributed by atoms with E-state index >= 15 is 0 Å². The highest BCUT2D eigenvalue weighted by Gasteiger charge is 2.14. The van der Waals surface area contributed by atoms with Gasteiger partial charge in [0, 0.05) is 17.0 Å². The molecule has 6 nitrogen and oxygen atoms in total. The molecule has 0 N–H and O–H groups in total. The fourth-order valence-electron chi connectivity index (χ4n) is 2.05. The zero-order valence-corrected chi connectivity index (χ0v) is 15.6. The minimum atomic E-state index is -0.521. The van der Waals surface area contributed by atoms with Crippen molar-refractivity contribution in [2.24, 2.45) is 0 Å². The van der Waals surface area contributed by atoms with Crippen LogP contribution in [0.3, 0.4) is 0 Å². The van der Waals surface area contributed by atoms with Gasteiger partial charge in [0.05, 0.1) is 15.6 Å². The summed E-state index contributed by atoms with van der Waals surface area (Å²) in [6, 6.07) is 10.2. The summed E-state index contributed by atoms with van der Waals surface area (Å²) >= 11 is 12.8. The van der Waals surface area contributed by atoms with Crippen LogP contribution in [0.4, 0.5) is 0 Å². The Morgan fingerprint density at radius 2 is 1.85 bits per heavy atom. The van der Waals surface area contributed by atoms with E-state index in [-0.39, 0.29) is 31.1 Å². The Kier molecular flexibility index (Phi) is 6.03. The van der Waals surface area contributed by atoms with Crippen LogP contribution in [0, 0.1) is 0 Å². The van der Waals surface area contributed by atoms with Gasteiger partial charge in [0.1, 0.15) is 0 Å². The number of Topliss-reactive ketones (excluding diaryl/α,β-unsaturated/α-hetero) is 1. The first-order valence-corrected chi connectivity index (χ1v) is 9.11. The van der Waals surface area contributed by atoms with Crippen LogP contribution < -0.4 is 0 Å². The van der Waals surface area contributed by atoms with Gasteiger partial charge in [-0.3, -0.25) is 9.59 Å². The standard InChI is InChI=1S/C17H12Cl2N2O4S/c18-11-3-1-10(2-4-11)17-20-15(25-21-17)9-24-16(23)8-5-12(22)13-6-7-14(19)26-13/h1-4,6-7H,5,8-9H2. The minimum Gasteiger partial charge on any atom is -0.456 e. The smallest absolute Gasteiger partial charge is 0.306 e. The Balaban J connectivity index is 1.47. The van der Waals surface area contributed by atoms with E-state index in [1.54, 1.807) is 36.4 Å². The van der Waals surface area contributed by atoms with Crippen molar-refractivity contribution >= 4 is 46.3 Å². The van der Waals surface area contributed by atoms with Gasteiger partial charge in [0.25, 0.3) is 5.89 Å². The van der Waals surface area contributed by atoms with Crippen molar-refractivity contribution in [2.75, 3.05) is 0 Å². The maximum Gasteiger partial charge on any atom is 0.306 e. The normalized spacial score (nSPS) is 10.7. The number of carbonyl (C=O) groups excluding carboxylic acids is 2. The number of ketones is 1.